The van der Waals surface area contributed by atoms with Crippen LogP contribution in [-0.4, -0.2) is 43.5 Å². The van der Waals surface area contributed by atoms with E-state index in [1.165, 1.54) is 6.07 Å². The monoisotopic (exact) mass is 337 g/mol. The third-order valence-electron chi connectivity index (χ3n) is 2.56. The van der Waals surface area contributed by atoms with Crippen LogP contribution < -0.4 is 5.32 Å². The minimum Gasteiger partial charge on any atom is -0.480 e. The van der Waals surface area contributed by atoms with Crippen LogP contribution in [0.1, 0.15) is 16.8 Å². The van der Waals surface area contributed by atoms with Crippen LogP contribution in [-0.2, 0) is 14.6 Å². The lowest BCUT2D eigenvalue weighted by atomic mass is 10.1. The number of halogens is 2. The van der Waals surface area contributed by atoms with Crippen LogP contribution in [0.3, 0.4) is 0 Å². The van der Waals surface area contributed by atoms with Gasteiger partial charge in [-0.15, -0.1) is 0 Å². The number of carbonyl (C=O) groups is 2. The number of rotatable bonds is 6. The fourth-order valence-corrected chi connectivity index (χ4v) is 2.25. The Morgan fingerprint density at radius 2 is 2.05 bits per heavy atom. The first-order valence-electron chi connectivity index (χ1n) is 5.76. The van der Waals surface area contributed by atoms with Gasteiger partial charge in [-0.3, -0.25) is 4.79 Å². The standard InChI is InChI=1S/C12H13ClFNO5S/c1-21(19,20)5-4-10(12(17)18)15-11(16)7-2-3-8(13)9(14)6-7/h2-3,6,10H,4-5H2,1H3,(H,15,16)(H,17,18). The molecule has 0 spiro atoms. The Kier molecular flexibility index (Phi) is 5.68. The van der Waals surface area contributed by atoms with E-state index in [4.69, 9.17) is 16.7 Å². The summed E-state index contributed by atoms with van der Waals surface area (Å²) in [6.07, 6.45) is 0.679. The lowest BCUT2D eigenvalue weighted by molar-refractivity contribution is -0.139. The summed E-state index contributed by atoms with van der Waals surface area (Å²) >= 11 is 5.47. The zero-order chi connectivity index (χ0) is 16.2. The molecule has 1 aromatic carbocycles. The molecule has 21 heavy (non-hydrogen) atoms. The molecule has 1 aromatic rings. The van der Waals surface area contributed by atoms with E-state index in [1.54, 1.807) is 0 Å². The van der Waals surface area contributed by atoms with Gasteiger partial charge in [0, 0.05) is 11.8 Å². The number of hydrogen-bond acceptors (Lipinski definition) is 4. The van der Waals surface area contributed by atoms with Crippen molar-refractivity contribution in [2.24, 2.45) is 0 Å². The molecule has 0 aliphatic rings. The zero-order valence-electron chi connectivity index (χ0n) is 11.0. The first-order chi connectivity index (χ1) is 9.60. The molecule has 1 rings (SSSR count). The van der Waals surface area contributed by atoms with E-state index in [-0.39, 0.29) is 22.8 Å². The van der Waals surface area contributed by atoms with Gasteiger partial charge in [-0.25, -0.2) is 17.6 Å². The maximum absolute atomic E-state index is 13.2. The molecule has 116 valence electrons. The minimum atomic E-state index is -3.36. The van der Waals surface area contributed by atoms with Crippen LogP contribution in [0.5, 0.6) is 0 Å². The summed E-state index contributed by atoms with van der Waals surface area (Å²) in [6.45, 7) is 0. The highest BCUT2D eigenvalue weighted by Crippen LogP contribution is 2.15. The molecule has 0 saturated carbocycles. The summed E-state index contributed by atoms with van der Waals surface area (Å²) in [4.78, 5) is 22.8. The van der Waals surface area contributed by atoms with Crippen LogP contribution >= 0.6 is 11.6 Å². The molecule has 0 aliphatic heterocycles. The quantitative estimate of drug-likeness (QED) is 0.809. The smallest absolute Gasteiger partial charge is 0.326 e. The van der Waals surface area contributed by atoms with Gasteiger partial charge in [-0.05, 0) is 24.6 Å². The Labute approximate surface area is 125 Å². The molecule has 0 bridgehead atoms. The molecule has 0 heterocycles. The maximum Gasteiger partial charge on any atom is 0.326 e. The van der Waals surface area contributed by atoms with Gasteiger partial charge in [0.1, 0.15) is 21.7 Å². The third kappa shape index (κ3) is 5.68. The molecule has 1 unspecified atom stereocenters. The van der Waals surface area contributed by atoms with Gasteiger partial charge < -0.3 is 10.4 Å². The van der Waals surface area contributed by atoms with Crippen molar-refractivity contribution in [3.63, 3.8) is 0 Å². The minimum absolute atomic E-state index is 0.109. The van der Waals surface area contributed by atoms with E-state index in [9.17, 15) is 22.4 Å². The van der Waals surface area contributed by atoms with Crippen molar-refractivity contribution in [2.45, 2.75) is 12.5 Å². The largest absolute Gasteiger partial charge is 0.480 e. The number of benzene rings is 1. The second-order valence-electron chi connectivity index (χ2n) is 4.41. The van der Waals surface area contributed by atoms with Crippen LogP contribution in [0.15, 0.2) is 18.2 Å². The van der Waals surface area contributed by atoms with Crippen molar-refractivity contribution >= 4 is 33.3 Å². The SMILES string of the molecule is CS(=O)(=O)CCC(NC(=O)c1ccc(Cl)c(F)c1)C(=O)O. The van der Waals surface area contributed by atoms with Gasteiger partial charge in [0.05, 0.1) is 10.8 Å². The van der Waals surface area contributed by atoms with E-state index < -0.39 is 33.6 Å². The van der Waals surface area contributed by atoms with Crippen molar-refractivity contribution in [2.75, 3.05) is 12.0 Å². The highest BCUT2D eigenvalue weighted by Gasteiger charge is 2.22. The Morgan fingerprint density at radius 1 is 1.43 bits per heavy atom. The summed E-state index contributed by atoms with van der Waals surface area (Å²) in [6, 6.07) is 1.88. The highest BCUT2D eigenvalue weighted by molar-refractivity contribution is 7.90. The summed E-state index contributed by atoms with van der Waals surface area (Å²) in [7, 11) is -3.36. The number of carbonyl (C=O) groups excluding carboxylic acids is 1. The normalized spacial score (nSPS) is 12.7. The fourth-order valence-electron chi connectivity index (χ4n) is 1.47. The number of carboxylic acids is 1. The summed E-state index contributed by atoms with van der Waals surface area (Å²) in [5, 5.41) is 10.9. The number of carboxylic acid groups (broad SMARTS) is 1. The van der Waals surface area contributed by atoms with E-state index in [1.807, 2.05) is 0 Å². The van der Waals surface area contributed by atoms with Gasteiger partial charge in [0.15, 0.2) is 0 Å². The zero-order valence-corrected chi connectivity index (χ0v) is 12.5. The molecular weight excluding hydrogens is 325 g/mol. The molecule has 1 amide bonds. The number of hydrogen-bond donors (Lipinski definition) is 2. The van der Waals surface area contributed by atoms with Crippen molar-refractivity contribution in [1.82, 2.24) is 5.32 Å². The van der Waals surface area contributed by atoms with Crippen LogP contribution in [0, 0.1) is 5.82 Å². The van der Waals surface area contributed by atoms with Crippen molar-refractivity contribution in [3.8, 4) is 0 Å². The van der Waals surface area contributed by atoms with Gasteiger partial charge in [-0.1, -0.05) is 11.6 Å². The molecule has 0 radical (unpaired) electrons. The number of sulfone groups is 1. The predicted octanol–water partition coefficient (Wildman–Crippen LogP) is 1.10. The molecule has 9 heteroatoms. The van der Waals surface area contributed by atoms with Crippen LogP contribution in [0.25, 0.3) is 0 Å². The average Bonchev–Trinajstić information content (AvgIpc) is 2.36. The summed E-state index contributed by atoms with van der Waals surface area (Å²) < 4.78 is 35.3. The summed E-state index contributed by atoms with van der Waals surface area (Å²) in [5.74, 6) is -3.40. The highest BCUT2D eigenvalue weighted by atomic mass is 35.5. The lowest BCUT2D eigenvalue weighted by Gasteiger charge is -2.14. The summed E-state index contributed by atoms with van der Waals surface area (Å²) in [5.41, 5.74) is -0.109. The number of amides is 1. The predicted molar refractivity (Wildman–Crippen MR) is 74.6 cm³/mol. The first-order valence-corrected chi connectivity index (χ1v) is 8.20. The Bertz CT molecular complexity index is 662. The molecule has 2 N–H and O–H groups in total. The molecule has 0 aliphatic carbocycles. The molecule has 1 atom stereocenters. The third-order valence-corrected chi connectivity index (χ3v) is 3.85. The fraction of sp³-hybridized carbons (Fsp3) is 0.333. The first kappa shape index (κ1) is 17.4. The molecular formula is C12H13ClFNO5S. The number of nitrogens with one attached hydrogen (secondary N) is 1. The van der Waals surface area contributed by atoms with Gasteiger partial charge in [-0.2, -0.15) is 0 Å². The topological polar surface area (TPSA) is 101 Å². The average molecular weight is 338 g/mol. The van der Waals surface area contributed by atoms with Crippen molar-refractivity contribution < 1.29 is 27.5 Å². The Morgan fingerprint density at radius 3 is 2.52 bits per heavy atom. The molecule has 6 nitrogen and oxygen atoms in total. The van der Waals surface area contributed by atoms with E-state index in [0.717, 1.165) is 18.4 Å². The van der Waals surface area contributed by atoms with Crippen LogP contribution in [0.4, 0.5) is 4.39 Å². The maximum atomic E-state index is 13.2. The second kappa shape index (κ2) is 6.86. The van der Waals surface area contributed by atoms with Gasteiger partial charge >= 0.3 is 5.97 Å². The molecule has 0 aromatic heterocycles. The van der Waals surface area contributed by atoms with Crippen molar-refractivity contribution in [3.05, 3.63) is 34.6 Å². The van der Waals surface area contributed by atoms with Crippen LogP contribution in [0.2, 0.25) is 5.02 Å². The van der Waals surface area contributed by atoms with E-state index in [0.29, 0.717) is 0 Å². The molecule has 0 fully saturated rings. The van der Waals surface area contributed by atoms with E-state index >= 15 is 0 Å². The second-order valence-corrected chi connectivity index (χ2v) is 7.08. The molecule has 0 saturated heterocycles. The van der Waals surface area contributed by atoms with E-state index in [2.05, 4.69) is 5.32 Å². The Hall–Kier alpha value is -1.67. The van der Waals surface area contributed by atoms with Gasteiger partial charge in [0.2, 0.25) is 0 Å². The Balaban J connectivity index is 2.81. The lowest BCUT2D eigenvalue weighted by Crippen LogP contribution is -2.41. The number of aliphatic carboxylic acids is 1. The van der Waals surface area contributed by atoms with Crippen molar-refractivity contribution in [1.29, 1.82) is 0 Å². The van der Waals surface area contributed by atoms with Gasteiger partial charge in [0.25, 0.3) is 5.91 Å².